The van der Waals surface area contributed by atoms with Crippen molar-refractivity contribution in [1.82, 2.24) is 4.57 Å². The van der Waals surface area contributed by atoms with Crippen LogP contribution in [-0.2, 0) is 20.7 Å². The van der Waals surface area contributed by atoms with E-state index in [0.717, 1.165) is 0 Å². The molecule has 7 heteroatoms. The predicted molar refractivity (Wildman–Crippen MR) is 114 cm³/mol. The molecule has 0 aliphatic carbocycles. The van der Waals surface area contributed by atoms with E-state index >= 15 is 0 Å². The lowest BCUT2D eigenvalue weighted by Gasteiger charge is -2.10. The Hall–Kier alpha value is -3.12. The number of carbonyl (C=O) groups excluding carboxylic acids is 3. The van der Waals surface area contributed by atoms with Gasteiger partial charge in [0, 0.05) is 21.7 Å². The molecule has 156 valence electrons. The van der Waals surface area contributed by atoms with Crippen LogP contribution in [0.3, 0.4) is 0 Å². The average molecular weight is 428 g/mol. The maximum Gasteiger partial charge on any atom is 0.311 e. The van der Waals surface area contributed by atoms with E-state index in [0.29, 0.717) is 38.5 Å². The number of ether oxygens (including phenoxy) is 2. The van der Waals surface area contributed by atoms with E-state index in [-0.39, 0.29) is 18.1 Å². The molecular weight excluding hydrogens is 406 g/mol. The highest BCUT2D eigenvalue weighted by Gasteiger charge is 2.23. The van der Waals surface area contributed by atoms with Gasteiger partial charge in [0.05, 0.1) is 19.0 Å². The number of methoxy groups -OCH3 is 1. The van der Waals surface area contributed by atoms with E-state index in [9.17, 15) is 14.4 Å². The van der Waals surface area contributed by atoms with Crippen LogP contribution >= 0.6 is 11.6 Å². The molecule has 30 heavy (non-hydrogen) atoms. The van der Waals surface area contributed by atoms with Crippen LogP contribution in [0.4, 0.5) is 0 Å². The van der Waals surface area contributed by atoms with Crippen LogP contribution in [0.25, 0.3) is 10.9 Å². The number of esters is 1. The number of rotatable bonds is 6. The van der Waals surface area contributed by atoms with E-state index in [2.05, 4.69) is 0 Å². The first-order valence-corrected chi connectivity index (χ1v) is 9.78. The fourth-order valence-corrected chi connectivity index (χ4v) is 3.39. The lowest BCUT2D eigenvalue weighted by molar-refractivity contribution is -0.152. The van der Waals surface area contributed by atoms with Crippen molar-refractivity contribution < 1.29 is 23.9 Å². The third-order valence-corrected chi connectivity index (χ3v) is 5.29. The van der Waals surface area contributed by atoms with Crippen molar-refractivity contribution in [2.75, 3.05) is 7.11 Å². The molecule has 3 rings (SSSR count). The van der Waals surface area contributed by atoms with Gasteiger partial charge < -0.3 is 9.47 Å². The van der Waals surface area contributed by atoms with Crippen molar-refractivity contribution in [3.63, 3.8) is 0 Å². The summed E-state index contributed by atoms with van der Waals surface area (Å²) in [5, 5.41) is 1.25. The Labute approximate surface area is 179 Å². The molecule has 0 saturated carbocycles. The minimum atomic E-state index is -0.823. The molecule has 2 aromatic carbocycles. The molecule has 0 amide bonds. The van der Waals surface area contributed by atoms with Crippen LogP contribution in [0.2, 0.25) is 5.02 Å². The number of nitrogens with zero attached hydrogens (tertiary/aromatic N) is 1. The molecule has 0 unspecified atom stereocenters. The molecular formula is C23H22ClNO5. The molecule has 0 bridgehead atoms. The van der Waals surface area contributed by atoms with Crippen molar-refractivity contribution in [3.05, 3.63) is 64.3 Å². The lowest BCUT2D eigenvalue weighted by Crippen LogP contribution is -2.23. The number of hydrogen-bond donors (Lipinski definition) is 0. The molecule has 0 aliphatic rings. The van der Waals surface area contributed by atoms with Gasteiger partial charge in [0.1, 0.15) is 5.75 Å². The number of benzene rings is 2. The Balaban J connectivity index is 2.09. The molecule has 0 fully saturated rings. The molecule has 6 nitrogen and oxygen atoms in total. The maximum atomic E-state index is 13.2. The van der Waals surface area contributed by atoms with E-state index in [1.165, 1.54) is 13.8 Å². The third kappa shape index (κ3) is 4.24. The maximum absolute atomic E-state index is 13.2. The van der Waals surface area contributed by atoms with Crippen LogP contribution in [0.15, 0.2) is 42.5 Å². The van der Waals surface area contributed by atoms with Gasteiger partial charge in [0.25, 0.3) is 5.91 Å². The first kappa shape index (κ1) is 21.6. The predicted octanol–water partition coefficient (Wildman–Crippen LogP) is 4.36. The molecule has 0 saturated heterocycles. The average Bonchev–Trinajstić information content (AvgIpc) is 2.98. The largest absolute Gasteiger partial charge is 0.497 e. The Bertz CT molecular complexity index is 1130. The fourth-order valence-electron chi connectivity index (χ4n) is 3.26. The molecule has 0 spiro atoms. The number of ketones is 1. The second kappa shape index (κ2) is 8.71. The zero-order valence-corrected chi connectivity index (χ0v) is 17.9. The summed E-state index contributed by atoms with van der Waals surface area (Å²) in [6.07, 6.45) is -0.898. The summed E-state index contributed by atoms with van der Waals surface area (Å²) in [6, 6.07) is 11.9. The van der Waals surface area contributed by atoms with Gasteiger partial charge >= 0.3 is 5.97 Å². The summed E-state index contributed by atoms with van der Waals surface area (Å²) in [5.74, 6) is -0.412. The Kier molecular flexibility index (Phi) is 6.27. The number of carbonyl (C=O) groups is 3. The number of Topliss-reactive ketones (excluding diaryl/α,β-unsaturated/α-hetero) is 1. The van der Waals surface area contributed by atoms with Crippen molar-refractivity contribution in [2.24, 2.45) is 0 Å². The van der Waals surface area contributed by atoms with E-state index in [4.69, 9.17) is 21.1 Å². The van der Waals surface area contributed by atoms with Gasteiger partial charge in [-0.05, 0) is 68.8 Å². The summed E-state index contributed by atoms with van der Waals surface area (Å²) in [7, 11) is 1.55. The number of halogens is 1. The van der Waals surface area contributed by atoms with Crippen molar-refractivity contribution in [3.8, 4) is 5.75 Å². The van der Waals surface area contributed by atoms with Gasteiger partial charge in [-0.15, -0.1) is 0 Å². The molecule has 3 aromatic rings. The highest BCUT2D eigenvalue weighted by atomic mass is 35.5. The third-order valence-electron chi connectivity index (χ3n) is 5.04. The van der Waals surface area contributed by atoms with Crippen LogP contribution in [-0.4, -0.2) is 35.4 Å². The van der Waals surface area contributed by atoms with Gasteiger partial charge in [0.2, 0.25) is 0 Å². The van der Waals surface area contributed by atoms with Crippen molar-refractivity contribution in [2.45, 2.75) is 33.3 Å². The van der Waals surface area contributed by atoms with Gasteiger partial charge in [-0.2, -0.15) is 0 Å². The molecule has 0 N–H and O–H groups in total. The normalized spacial score (nSPS) is 11.9. The zero-order chi connectivity index (χ0) is 22.0. The van der Waals surface area contributed by atoms with Crippen LogP contribution in [0.5, 0.6) is 5.75 Å². The number of aromatic nitrogens is 1. The van der Waals surface area contributed by atoms with Gasteiger partial charge in [-0.1, -0.05) is 11.6 Å². The monoisotopic (exact) mass is 427 g/mol. The molecule has 1 aromatic heterocycles. The standard InChI is InChI=1S/C23H22ClNO5/c1-13-19(12-22(27)30-15(3)14(2)26)20-11-18(29-4)9-10-21(20)25(13)23(28)16-5-7-17(24)8-6-16/h5-11,15H,12H2,1-4H3/t15-/m1/s1. The zero-order valence-electron chi connectivity index (χ0n) is 17.2. The summed E-state index contributed by atoms with van der Waals surface area (Å²) in [4.78, 5) is 37.1. The fraction of sp³-hybridized carbons (Fsp3) is 0.261. The summed E-state index contributed by atoms with van der Waals surface area (Å²) in [5.41, 5.74) is 2.38. The first-order valence-electron chi connectivity index (χ1n) is 9.41. The van der Waals surface area contributed by atoms with Crippen molar-refractivity contribution >= 4 is 40.2 Å². The highest BCUT2D eigenvalue weighted by molar-refractivity contribution is 6.30. The summed E-state index contributed by atoms with van der Waals surface area (Å²) in [6.45, 7) is 4.67. The van der Waals surface area contributed by atoms with Gasteiger partial charge in [-0.25, -0.2) is 0 Å². The molecule has 0 radical (unpaired) electrons. The van der Waals surface area contributed by atoms with E-state index < -0.39 is 12.1 Å². The number of fused-ring (bicyclic) bond motifs is 1. The number of hydrogen-bond acceptors (Lipinski definition) is 5. The Morgan fingerprint density at radius 1 is 1.10 bits per heavy atom. The molecule has 0 aliphatic heterocycles. The van der Waals surface area contributed by atoms with Crippen LogP contribution < -0.4 is 4.74 Å². The second-order valence-corrected chi connectivity index (χ2v) is 7.45. The van der Waals surface area contributed by atoms with Crippen LogP contribution in [0, 0.1) is 6.92 Å². The minimum absolute atomic E-state index is 0.0754. The van der Waals surface area contributed by atoms with E-state index in [1.54, 1.807) is 61.1 Å². The van der Waals surface area contributed by atoms with Gasteiger partial charge in [-0.3, -0.25) is 19.0 Å². The Morgan fingerprint density at radius 2 is 1.77 bits per heavy atom. The summed E-state index contributed by atoms with van der Waals surface area (Å²) < 4.78 is 12.1. The minimum Gasteiger partial charge on any atom is -0.497 e. The second-order valence-electron chi connectivity index (χ2n) is 7.01. The Morgan fingerprint density at radius 3 is 2.37 bits per heavy atom. The summed E-state index contributed by atoms with van der Waals surface area (Å²) >= 11 is 5.94. The van der Waals surface area contributed by atoms with Crippen molar-refractivity contribution in [1.29, 1.82) is 0 Å². The SMILES string of the molecule is COc1ccc2c(c1)c(CC(=O)O[C@H](C)C(C)=O)c(C)n2C(=O)c1ccc(Cl)cc1. The molecule has 1 atom stereocenters. The highest BCUT2D eigenvalue weighted by Crippen LogP contribution is 2.31. The smallest absolute Gasteiger partial charge is 0.311 e. The van der Waals surface area contributed by atoms with Crippen LogP contribution in [0.1, 0.15) is 35.5 Å². The van der Waals surface area contributed by atoms with E-state index in [1.807, 2.05) is 0 Å². The lowest BCUT2D eigenvalue weighted by atomic mass is 10.1. The van der Waals surface area contributed by atoms with Gasteiger partial charge in [0.15, 0.2) is 11.9 Å². The molecule has 1 heterocycles. The first-order chi connectivity index (χ1) is 14.2. The topological polar surface area (TPSA) is 74.6 Å². The quantitative estimate of drug-likeness (QED) is 0.546.